The summed E-state index contributed by atoms with van der Waals surface area (Å²) in [6.45, 7) is -0.829. The third-order valence-electron chi connectivity index (χ3n) is 3.93. The van der Waals surface area contributed by atoms with Crippen molar-refractivity contribution >= 4 is 17.3 Å². The number of non-ortho nitro benzene ring substituents is 1. The smallest absolute Gasteiger partial charge is 0.270 e. The molecule has 0 spiro atoms. The van der Waals surface area contributed by atoms with Crippen molar-refractivity contribution in [1.82, 2.24) is 5.32 Å². The molecule has 2 aromatic rings. The molecule has 0 heterocycles. The van der Waals surface area contributed by atoms with Crippen LogP contribution in [0.4, 0.5) is 15.8 Å². The Labute approximate surface area is 159 Å². The number of methoxy groups -OCH3 is 1. The Balaban J connectivity index is 2.22. The lowest BCUT2D eigenvalue weighted by molar-refractivity contribution is -0.384. The van der Waals surface area contributed by atoms with E-state index in [4.69, 9.17) is 4.74 Å². The van der Waals surface area contributed by atoms with Crippen molar-refractivity contribution in [2.45, 2.75) is 12.6 Å². The van der Waals surface area contributed by atoms with E-state index < -0.39 is 35.9 Å². The predicted molar refractivity (Wildman–Crippen MR) is 98.8 cm³/mol. The van der Waals surface area contributed by atoms with Crippen LogP contribution in [0.3, 0.4) is 0 Å². The van der Waals surface area contributed by atoms with Gasteiger partial charge >= 0.3 is 0 Å². The zero-order chi connectivity index (χ0) is 20.7. The number of hydrogen-bond donors (Lipinski definition) is 4. The first-order chi connectivity index (χ1) is 13.4. The molecule has 1 amide bonds. The molecule has 0 aromatic heterocycles. The highest BCUT2D eigenvalue weighted by atomic mass is 19.1. The zero-order valence-corrected chi connectivity index (χ0v) is 15.0. The summed E-state index contributed by atoms with van der Waals surface area (Å²) in [4.78, 5) is 22.9. The number of hydrogen-bond acceptors (Lipinski definition) is 7. The van der Waals surface area contributed by atoms with Gasteiger partial charge in [-0.25, -0.2) is 4.39 Å². The van der Waals surface area contributed by atoms with Gasteiger partial charge in [-0.15, -0.1) is 0 Å². The van der Waals surface area contributed by atoms with Gasteiger partial charge in [0.1, 0.15) is 0 Å². The van der Waals surface area contributed by atoms with Crippen molar-refractivity contribution in [2.24, 2.45) is 0 Å². The van der Waals surface area contributed by atoms with Gasteiger partial charge in [-0.05, 0) is 23.8 Å². The van der Waals surface area contributed by atoms with Gasteiger partial charge in [-0.1, -0.05) is 6.07 Å². The first kappa shape index (κ1) is 21.1. The van der Waals surface area contributed by atoms with Gasteiger partial charge in [0.25, 0.3) is 11.6 Å². The fourth-order valence-electron chi connectivity index (χ4n) is 2.43. The molecule has 0 aliphatic rings. The number of rotatable bonds is 9. The highest BCUT2D eigenvalue weighted by molar-refractivity contribution is 6.00. The van der Waals surface area contributed by atoms with E-state index in [1.807, 2.05) is 0 Å². The largest absolute Gasteiger partial charge is 0.494 e. The second-order valence-corrected chi connectivity index (χ2v) is 5.84. The molecule has 0 aliphatic carbocycles. The van der Waals surface area contributed by atoms with Gasteiger partial charge in [0.05, 0.1) is 36.9 Å². The molecule has 28 heavy (non-hydrogen) atoms. The second-order valence-electron chi connectivity index (χ2n) is 5.84. The van der Waals surface area contributed by atoms with Gasteiger partial charge in [-0.3, -0.25) is 14.9 Å². The van der Waals surface area contributed by atoms with Gasteiger partial charge in [-0.2, -0.15) is 0 Å². The van der Waals surface area contributed by atoms with Gasteiger partial charge in [0, 0.05) is 24.4 Å². The number of anilines is 1. The summed E-state index contributed by atoms with van der Waals surface area (Å²) >= 11 is 0. The molecule has 0 radical (unpaired) electrons. The Kier molecular flexibility index (Phi) is 7.24. The lowest BCUT2D eigenvalue weighted by atomic mass is 10.1. The highest BCUT2D eigenvalue weighted by Crippen LogP contribution is 2.23. The van der Waals surface area contributed by atoms with E-state index in [-0.39, 0.29) is 29.2 Å². The Morgan fingerprint density at radius 1 is 1.25 bits per heavy atom. The molecule has 0 unspecified atom stereocenters. The number of benzene rings is 2. The summed E-state index contributed by atoms with van der Waals surface area (Å²) < 4.78 is 18.6. The number of nitro benzene ring substituents is 1. The number of aliphatic hydroxyl groups is 2. The van der Waals surface area contributed by atoms with E-state index in [1.165, 1.54) is 31.4 Å². The lowest BCUT2D eigenvalue weighted by Gasteiger charge is -2.17. The highest BCUT2D eigenvalue weighted by Gasteiger charge is 2.19. The second kappa shape index (κ2) is 9.62. The van der Waals surface area contributed by atoms with Crippen LogP contribution in [0, 0.1) is 15.9 Å². The van der Waals surface area contributed by atoms with Gasteiger partial charge in [0.2, 0.25) is 0 Å². The number of nitro groups is 1. The van der Waals surface area contributed by atoms with Crippen LogP contribution in [-0.4, -0.2) is 47.4 Å². The van der Waals surface area contributed by atoms with Crippen molar-refractivity contribution in [3.05, 3.63) is 63.5 Å². The molecule has 150 valence electrons. The van der Waals surface area contributed by atoms with Crippen molar-refractivity contribution in [2.75, 3.05) is 25.6 Å². The number of ether oxygens (including phenoxy) is 1. The Morgan fingerprint density at radius 3 is 2.54 bits per heavy atom. The number of nitrogens with one attached hydrogen (secondary N) is 2. The minimum absolute atomic E-state index is 0.0225. The first-order valence-electron chi connectivity index (χ1n) is 8.27. The summed E-state index contributed by atoms with van der Waals surface area (Å²) in [7, 11) is 1.34. The average molecular weight is 393 g/mol. The van der Waals surface area contributed by atoms with Crippen LogP contribution < -0.4 is 15.4 Å². The number of amides is 1. The molecule has 4 N–H and O–H groups in total. The van der Waals surface area contributed by atoms with Crippen LogP contribution in [-0.2, 0) is 6.54 Å². The molecule has 0 saturated heterocycles. The van der Waals surface area contributed by atoms with E-state index in [1.54, 1.807) is 6.07 Å². The van der Waals surface area contributed by atoms with E-state index in [2.05, 4.69) is 10.6 Å². The summed E-state index contributed by atoms with van der Waals surface area (Å²) in [6, 6.07) is 7.05. The quantitative estimate of drug-likeness (QED) is 0.374. The molecular weight excluding hydrogens is 373 g/mol. The van der Waals surface area contributed by atoms with Crippen LogP contribution in [0.2, 0.25) is 0 Å². The summed E-state index contributed by atoms with van der Waals surface area (Å²) in [5, 5.41) is 34.7. The molecule has 2 aromatic carbocycles. The topological polar surface area (TPSA) is 134 Å². The summed E-state index contributed by atoms with van der Waals surface area (Å²) in [5.74, 6) is -1.16. The van der Waals surface area contributed by atoms with Gasteiger partial charge < -0.3 is 25.6 Å². The normalized spacial score (nSPS) is 10.6. The molecule has 10 heteroatoms. The Morgan fingerprint density at radius 2 is 1.96 bits per heavy atom. The lowest BCUT2D eigenvalue weighted by Crippen LogP contribution is -2.30. The first-order valence-corrected chi connectivity index (χ1v) is 8.27. The van der Waals surface area contributed by atoms with Crippen molar-refractivity contribution in [1.29, 1.82) is 0 Å². The number of carbonyl (C=O) groups excluding carboxylic acids is 1. The monoisotopic (exact) mass is 393 g/mol. The molecule has 0 atom stereocenters. The number of nitrogens with zero attached hydrogens (tertiary/aromatic N) is 1. The minimum Gasteiger partial charge on any atom is -0.494 e. The Bertz CT molecular complexity index is 857. The third kappa shape index (κ3) is 5.15. The van der Waals surface area contributed by atoms with Crippen LogP contribution in [0.1, 0.15) is 15.9 Å². The molecule has 0 aliphatic heterocycles. The van der Waals surface area contributed by atoms with Gasteiger partial charge in [0.15, 0.2) is 11.6 Å². The van der Waals surface area contributed by atoms with Crippen LogP contribution in [0.5, 0.6) is 5.75 Å². The van der Waals surface area contributed by atoms with E-state index in [0.29, 0.717) is 5.56 Å². The number of carbonyl (C=O) groups is 1. The zero-order valence-electron chi connectivity index (χ0n) is 15.0. The molecule has 0 saturated carbocycles. The fourth-order valence-corrected chi connectivity index (χ4v) is 2.43. The van der Waals surface area contributed by atoms with Crippen LogP contribution in [0.25, 0.3) is 0 Å². The third-order valence-corrected chi connectivity index (χ3v) is 3.93. The van der Waals surface area contributed by atoms with E-state index in [0.717, 1.165) is 6.07 Å². The number of aliphatic hydroxyl groups excluding tert-OH is 2. The predicted octanol–water partition coefficient (Wildman–Crippen LogP) is 1.44. The summed E-state index contributed by atoms with van der Waals surface area (Å²) in [5.41, 5.74) is 0.332. The minimum atomic E-state index is -0.747. The van der Waals surface area contributed by atoms with E-state index >= 15 is 0 Å². The molecule has 0 bridgehead atoms. The maximum atomic E-state index is 13.8. The summed E-state index contributed by atoms with van der Waals surface area (Å²) in [6.07, 6.45) is 0. The average Bonchev–Trinajstić information content (AvgIpc) is 2.70. The van der Waals surface area contributed by atoms with Crippen molar-refractivity contribution in [3.63, 3.8) is 0 Å². The molecular formula is C18H20FN3O6. The standard InChI is InChI=1S/C18H20FN3O6/c1-28-17-5-2-11(6-15(17)19)8-20-18(25)14-7-13(22(26)27)3-4-16(14)21-12(9-23)10-24/h2-7,12,21,23-24H,8-10H2,1H3,(H,20,25). The van der Waals surface area contributed by atoms with Crippen molar-refractivity contribution < 1.29 is 29.1 Å². The molecule has 2 rings (SSSR count). The fraction of sp³-hybridized carbons (Fsp3) is 0.278. The molecule has 9 nitrogen and oxygen atoms in total. The van der Waals surface area contributed by atoms with Crippen LogP contribution >= 0.6 is 0 Å². The Hall–Kier alpha value is -3.24. The number of halogens is 1. The van der Waals surface area contributed by atoms with Crippen LogP contribution in [0.15, 0.2) is 36.4 Å². The van der Waals surface area contributed by atoms with E-state index in [9.17, 15) is 29.5 Å². The maximum Gasteiger partial charge on any atom is 0.270 e. The van der Waals surface area contributed by atoms with Crippen molar-refractivity contribution in [3.8, 4) is 5.75 Å². The maximum absolute atomic E-state index is 13.8. The SMILES string of the molecule is COc1ccc(CNC(=O)c2cc([N+](=O)[O-])ccc2NC(CO)CO)cc1F. The molecule has 0 fully saturated rings.